The van der Waals surface area contributed by atoms with Crippen LogP contribution in [-0.2, 0) is 19.2 Å². The minimum Gasteiger partial charge on any atom is -0.478 e. The number of hydrogen-bond donors (Lipinski definition) is 4. The molecule has 0 spiro atoms. The Bertz CT molecular complexity index is 708. The first-order valence-corrected chi connectivity index (χ1v) is 7.99. The van der Waals surface area contributed by atoms with Crippen molar-refractivity contribution in [1.29, 1.82) is 0 Å². The third kappa shape index (κ3) is 13.6. The van der Waals surface area contributed by atoms with E-state index in [1.807, 2.05) is 0 Å². The van der Waals surface area contributed by atoms with Gasteiger partial charge in [-0.25, -0.2) is 19.2 Å². The summed E-state index contributed by atoms with van der Waals surface area (Å²) in [4.78, 5) is 42.6. The predicted octanol–water partition coefficient (Wildman–Crippen LogP) is 3.21. The summed E-state index contributed by atoms with van der Waals surface area (Å²) in [6.45, 7) is 9.93. The minimum atomic E-state index is -1.34. The second-order valence-corrected chi connectivity index (χ2v) is 5.10. The molecule has 0 rings (SSSR count). The van der Waals surface area contributed by atoms with E-state index in [4.69, 9.17) is 20.4 Å². The van der Waals surface area contributed by atoms with Crippen LogP contribution in [-0.4, -0.2) is 44.3 Å². The van der Waals surface area contributed by atoms with Crippen LogP contribution in [0.5, 0.6) is 0 Å². The second kappa shape index (κ2) is 15.6. The predicted molar refractivity (Wildman–Crippen MR) is 104 cm³/mol. The fourth-order valence-electron chi connectivity index (χ4n) is 1.58. The highest BCUT2D eigenvalue weighted by atomic mass is 16.4. The highest BCUT2D eigenvalue weighted by Gasteiger charge is 2.12. The standard InChI is InChI=1S/C17H20O6.C3H4O2/c1-3-5-7-12(15(18)19)9-10-14(17(22)23)11-13(16(20)21)8-6-4-2;1-2-3(4)5/h3-4,9-11H,1-2,5-8H2,(H,18,19)(H,20,21)(H,22,23);2H,1H2,(H,4,5). The highest BCUT2D eigenvalue weighted by Crippen LogP contribution is 2.13. The Hall–Kier alpha value is -3.68. The van der Waals surface area contributed by atoms with Crippen LogP contribution in [0.1, 0.15) is 25.7 Å². The Morgan fingerprint density at radius 2 is 1.11 bits per heavy atom. The molecule has 4 N–H and O–H groups in total. The van der Waals surface area contributed by atoms with Gasteiger partial charge in [0.15, 0.2) is 0 Å². The Kier molecular flexibility index (Phi) is 14.8. The van der Waals surface area contributed by atoms with Gasteiger partial charge in [-0.3, -0.25) is 0 Å². The zero-order valence-electron chi connectivity index (χ0n) is 15.3. The first kappa shape index (κ1) is 26.5. The topological polar surface area (TPSA) is 149 Å². The fraction of sp³-hybridized carbons (Fsp3) is 0.200. The lowest BCUT2D eigenvalue weighted by Gasteiger charge is -2.02. The molecule has 0 aliphatic heterocycles. The van der Waals surface area contributed by atoms with Crippen LogP contribution in [0, 0.1) is 0 Å². The second-order valence-electron chi connectivity index (χ2n) is 5.10. The summed E-state index contributed by atoms with van der Waals surface area (Å²) in [7, 11) is 0. The molecular formula is C20H24O8. The molecule has 8 heteroatoms. The average Bonchev–Trinajstić information content (AvgIpc) is 2.62. The zero-order valence-corrected chi connectivity index (χ0v) is 15.3. The van der Waals surface area contributed by atoms with E-state index in [2.05, 4.69) is 19.7 Å². The molecule has 0 unspecified atom stereocenters. The number of allylic oxidation sites excluding steroid dienone is 4. The molecule has 0 bridgehead atoms. The van der Waals surface area contributed by atoms with Crippen LogP contribution >= 0.6 is 0 Å². The van der Waals surface area contributed by atoms with Crippen molar-refractivity contribution in [3.63, 3.8) is 0 Å². The Morgan fingerprint density at radius 1 is 0.679 bits per heavy atom. The molecule has 0 aliphatic carbocycles. The molecular weight excluding hydrogens is 368 g/mol. The monoisotopic (exact) mass is 392 g/mol. The molecule has 0 saturated carbocycles. The highest BCUT2D eigenvalue weighted by molar-refractivity contribution is 5.95. The van der Waals surface area contributed by atoms with Gasteiger partial charge in [0.25, 0.3) is 0 Å². The Balaban J connectivity index is 0. The fourth-order valence-corrected chi connectivity index (χ4v) is 1.58. The van der Waals surface area contributed by atoms with E-state index in [9.17, 15) is 19.2 Å². The maximum absolute atomic E-state index is 11.2. The van der Waals surface area contributed by atoms with Gasteiger partial charge in [-0.1, -0.05) is 24.8 Å². The first-order chi connectivity index (χ1) is 13.1. The van der Waals surface area contributed by atoms with E-state index in [1.54, 1.807) is 6.08 Å². The number of carboxylic acid groups (broad SMARTS) is 4. The summed E-state index contributed by atoms with van der Waals surface area (Å²) in [5, 5.41) is 34.8. The maximum atomic E-state index is 11.2. The number of carboxylic acids is 4. The van der Waals surface area contributed by atoms with Crippen molar-refractivity contribution in [3.8, 4) is 0 Å². The van der Waals surface area contributed by atoms with Crippen molar-refractivity contribution in [3.05, 3.63) is 72.9 Å². The van der Waals surface area contributed by atoms with Crippen molar-refractivity contribution in [2.45, 2.75) is 25.7 Å². The lowest BCUT2D eigenvalue weighted by molar-refractivity contribution is -0.134. The summed E-state index contributed by atoms with van der Waals surface area (Å²) in [6, 6.07) is 0. The van der Waals surface area contributed by atoms with Crippen LogP contribution in [0.15, 0.2) is 72.9 Å². The van der Waals surface area contributed by atoms with Crippen molar-refractivity contribution in [1.82, 2.24) is 0 Å². The van der Waals surface area contributed by atoms with E-state index < -0.39 is 23.9 Å². The number of carbonyl (C=O) groups is 4. The summed E-state index contributed by atoms with van der Waals surface area (Å²) in [6.07, 6.45) is 8.35. The molecule has 0 aromatic carbocycles. The smallest absolute Gasteiger partial charge is 0.335 e. The van der Waals surface area contributed by atoms with Gasteiger partial charge in [-0.15, -0.1) is 13.2 Å². The van der Waals surface area contributed by atoms with Crippen LogP contribution in [0.2, 0.25) is 0 Å². The molecule has 0 atom stereocenters. The molecule has 0 radical (unpaired) electrons. The van der Waals surface area contributed by atoms with Gasteiger partial charge >= 0.3 is 23.9 Å². The quantitative estimate of drug-likeness (QED) is 0.225. The number of rotatable bonds is 12. The summed E-state index contributed by atoms with van der Waals surface area (Å²) >= 11 is 0. The van der Waals surface area contributed by atoms with Crippen molar-refractivity contribution >= 4 is 23.9 Å². The van der Waals surface area contributed by atoms with E-state index in [0.29, 0.717) is 12.8 Å². The summed E-state index contributed by atoms with van der Waals surface area (Å²) in [5.41, 5.74) is -0.376. The van der Waals surface area contributed by atoms with Crippen molar-refractivity contribution in [2.75, 3.05) is 0 Å². The Labute approximate surface area is 162 Å². The van der Waals surface area contributed by atoms with Gasteiger partial charge in [0, 0.05) is 17.2 Å². The van der Waals surface area contributed by atoms with Crippen molar-refractivity contribution in [2.24, 2.45) is 0 Å². The molecule has 0 amide bonds. The normalized spacial score (nSPS) is 11.5. The third-order valence-electron chi connectivity index (χ3n) is 3.00. The number of hydrogen-bond acceptors (Lipinski definition) is 4. The van der Waals surface area contributed by atoms with Gasteiger partial charge in [-0.2, -0.15) is 0 Å². The molecule has 0 fully saturated rings. The molecule has 0 aromatic heterocycles. The molecule has 8 nitrogen and oxygen atoms in total. The van der Waals surface area contributed by atoms with E-state index >= 15 is 0 Å². The minimum absolute atomic E-state index is 0.0139. The van der Waals surface area contributed by atoms with Crippen molar-refractivity contribution < 1.29 is 39.6 Å². The molecule has 152 valence electrons. The Morgan fingerprint density at radius 3 is 1.43 bits per heavy atom. The van der Waals surface area contributed by atoms with E-state index in [1.165, 1.54) is 12.2 Å². The van der Waals surface area contributed by atoms with Gasteiger partial charge in [0.05, 0.1) is 5.57 Å². The van der Waals surface area contributed by atoms with Crippen LogP contribution in [0.4, 0.5) is 0 Å². The van der Waals surface area contributed by atoms with Gasteiger partial charge < -0.3 is 20.4 Å². The zero-order chi connectivity index (χ0) is 22.1. The van der Waals surface area contributed by atoms with Gasteiger partial charge in [0.2, 0.25) is 0 Å². The average molecular weight is 392 g/mol. The summed E-state index contributed by atoms with van der Waals surface area (Å²) in [5.74, 6) is -4.72. The first-order valence-electron chi connectivity index (χ1n) is 7.99. The van der Waals surface area contributed by atoms with Crippen LogP contribution < -0.4 is 0 Å². The molecule has 28 heavy (non-hydrogen) atoms. The molecule has 0 aromatic rings. The molecule has 0 aliphatic rings. The SMILES string of the molecule is C=CC(=O)O.C=CCCC(=CC=C(C=C(CCC=C)C(=O)O)C(=O)O)C(=O)O. The maximum Gasteiger partial charge on any atom is 0.335 e. The third-order valence-corrected chi connectivity index (χ3v) is 3.00. The van der Waals surface area contributed by atoms with Crippen LogP contribution in [0.3, 0.4) is 0 Å². The molecule has 0 saturated heterocycles. The van der Waals surface area contributed by atoms with E-state index in [-0.39, 0.29) is 29.6 Å². The van der Waals surface area contributed by atoms with Crippen LogP contribution in [0.25, 0.3) is 0 Å². The molecule has 0 heterocycles. The lowest BCUT2D eigenvalue weighted by atomic mass is 10.0. The van der Waals surface area contributed by atoms with Gasteiger partial charge in [0.1, 0.15) is 0 Å². The van der Waals surface area contributed by atoms with Gasteiger partial charge in [-0.05, 0) is 37.8 Å². The van der Waals surface area contributed by atoms with E-state index in [0.717, 1.165) is 18.2 Å². The number of aliphatic carboxylic acids is 4. The lowest BCUT2D eigenvalue weighted by Crippen LogP contribution is -2.05. The summed E-state index contributed by atoms with van der Waals surface area (Å²) < 4.78 is 0. The largest absolute Gasteiger partial charge is 0.478 e.